The number of ketones is 1. The van der Waals surface area contributed by atoms with Gasteiger partial charge < -0.3 is 30.1 Å². The van der Waals surface area contributed by atoms with Crippen molar-refractivity contribution in [2.24, 2.45) is 16.7 Å². The van der Waals surface area contributed by atoms with Gasteiger partial charge >= 0.3 is 6.09 Å². The second-order valence-corrected chi connectivity index (χ2v) is 12.2. The van der Waals surface area contributed by atoms with Crippen LogP contribution in [-0.2, 0) is 20.7 Å². The minimum Gasteiger partial charge on any atom is -0.443 e. The molecule has 1 saturated heterocycles. The first-order chi connectivity index (χ1) is 17.2. The minimum atomic E-state index is -2.24. The number of aliphatic hydroxyl groups excluding tert-OH is 2. The summed E-state index contributed by atoms with van der Waals surface area (Å²) in [6, 6.07) is 5.52. The Morgan fingerprint density at radius 2 is 1.97 bits per heavy atom. The number of hydrogen-bond acceptors (Lipinski definition) is 8. The Hall–Kier alpha value is -2.33. The smallest absolute Gasteiger partial charge is 0.407 e. The van der Waals surface area contributed by atoms with Gasteiger partial charge in [0.2, 0.25) is 0 Å². The van der Waals surface area contributed by atoms with E-state index < -0.39 is 63.7 Å². The number of hydrogen-bond donors (Lipinski definition) is 4. The van der Waals surface area contributed by atoms with Gasteiger partial charge in [-0.15, -0.1) is 6.58 Å². The standard InChI is InChI=1S/C28H40N2O7/c1-7-25(4)16-19(32)28(35)26(5)18(31)11-13-24(2,3)21(26)20(22(33)27(28,6)37-25)36-23(34)30-15-12-17-10-8-9-14-29-17/h7-10,14,18,20-22,31,33,35H,1,11-13,15-16H2,2-6H3,(H,30,34)/t18-,20-,21-,22-,25-,26-,27+,28-/m0/s1. The molecule has 37 heavy (non-hydrogen) atoms. The van der Waals surface area contributed by atoms with E-state index in [2.05, 4.69) is 16.9 Å². The molecule has 2 heterocycles. The van der Waals surface area contributed by atoms with Crippen LogP contribution in [0.3, 0.4) is 0 Å². The van der Waals surface area contributed by atoms with E-state index >= 15 is 0 Å². The van der Waals surface area contributed by atoms with Gasteiger partial charge in [-0.3, -0.25) is 9.78 Å². The molecule has 0 radical (unpaired) electrons. The van der Waals surface area contributed by atoms with Crippen LogP contribution in [0.4, 0.5) is 4.79 Å². The first kappa shape index (κ1) is 27.7. The number of nitrogens with zero attached hydrogens (tertiary/aromatic N) is 1. The van der Waals surface area contributed by atoms with Crippen LogP contribution in [0, 0.1) is 16.7 Å². The summed E-state index contributed by atoms with van der Waals surface area (Å²) in [5, 5.41) is 38.2. The van der Waals surface area contributed by atoms with Gasteiger partial charge in [0.25, 0.3) is 0 Å². The first-order valence-corrected chi connectivity index (χ1v) is 13.0. The number of fused-ring (bicyclic) bond motifs is 3. The zero-order chi connectivity index (χ0) is 27.4. The molecule has 2 saturated carbocycles. The summed E-state index contributed by atoms with van der Waals surface area (Å²) < 4.78 is 12.2. The van der Waals surface area contributed by atoms with E-state index in [1.165, 1.54) is 13.0 Å². The number of ether oxygens (including phenoxy) is 2. The number of pyridine rings is 1. The molecular formula is C28H40N2O7. The molecule has 204 valence electrons. The van der Waals surface area contributed by atoms with Crippen LogP contribution in [0.25, 0.3) is 0 Å². The van der Waals surface area contributed by atoms with Gasteiger partial charge in [0.15, 0.2) is 11.4 Å². The third-order valence-corrected chi connectivity index (χ3v) is 9.36. The summed E-state index contributed by atoms with van der Waals surface area (Å²) in [5.74, 6) is -1.29. The fourth-order valence-electron chi connectivity index (χ4n) is 7.41. The molecule has 1 aromatic heterocycles. The van der Waals surface area contributed by atoms with Crippen molar-refractivity contribution in [3.63, 3.8) is 0 Å². The Kier molecular flexibility index (Phi) is 6.85. The molecule has 9 nitrogen and oxygen atoms in total. The molecular weight excluding hydrogens is 476 g/mol. The highest BCUT2D eigenvalue weighted by molar-refractivity contribution is 5.92. The highest BCUT2D eigenvalue weighted by Crippen LogP contribution is 2.67. The van der Waals surface area contributed by atoms with E-state index in [1.807, 2.05) is 32.0 Å². The lowest BCUT2D eigenvalue weighted by atomic mass is 9.40. The lowest BCUT2D eigenvalue weighted by Crippen LogP contribution is -2.86. The maximum absolute atomic E-state index is 13.8. The van der Waals surface area contributed by atoms with Crippen LogP contribution in [0.1, 0.15) is 59.6 Å². The van der Waals surface area contributed by atoms with Gasteiger partial charge in [0.1, 0.15) is 17.8 Å². The summed E-state index contributed by atoms with van der Waals surface area (Å²) in [4.78, 5) is 31.0. The molecule has 3 fully saturated rings. The zero-order valence-corrected chi connectivity index (χ0v) is 22.4. The Labute approximate surface area is 218 Å². The maximum Gasteiger partial charge on any atom is 0.407 e. The van der Waals surface area contributed by atoms with Crippen molar-refractivity contribution >= 4 is 11.9 Å². The molecule has 0 spiro atoms. The SMILES string of the molecule is C=C[C@@]1(C)CC(=O)[C@]2(O)[C@@]3(C)[C@@H](O)CCC(C)(C)[C@@H]3[C@H](OC(=O)NCCc3ccccn3)[C@H](O)[C@@]2(C)O1. The van der Waals surface area contributed by atoms with E-state index in [9.17, 15) is 24.9 Å². The van der Waals surface area contributed by atoms with Crippen LogP contribution in [-0.4, -0.2) is 73.8 Å². The second-order valence-electron chi connectivity index (χ2n) is 12.2. The number of nitrogens with one attached hydrogen (secondary N) is 1. The topological polar surface area (TPSA) is 138 Å². The first-order valence-electron chi connectivity index (χ1n) is 13.0. The van der Waals surface area contributed by atoms with Gasteiger partial charge in [0, 0.05) is 42.6 Å². The van der Waals surface area contributed by atoms with Crippen molar-refractivity contribution in [3.05, 3.63) is 42.7 Å². The Balaban J connectivity index is 1.71. The highest BCUT2D eigenvalue weighted by atomic mass is 16.6. The molecule has 2 aliphatic carbocycles. The van der Waals surface area contributed by atoms with Crippen LogP contribution in [0.2, 0.25) is 0 Å². The van der Waals surface area contributed by atoms with Gasteiger partial charge in [-0.05, 0) is 44.2 Å². The number of amides is 1. The summed E-state index contributed by atoms with van der Waals surface area (Å²) in [5.41, 5.74) is -6.54. The van der Waals surface area contributed by atoms with Gasteiger partial charge in [-0.25, -0.2) is 4.79 Å². The predicted molar refractivity (Wildman–Crippen MR) is 136 cm³/mol. The molecule has 0 aromatic carbocycles. The summed E-state index contributed by atoms with van der Waals surface area (Å²) in [6.07, 6.45) is -0.224. The van der Waals surface area contributed by atoms with E-state index in [4.69, 9.17) is 9.47 Å². The largest absolute Gasteiger partial charge is 0.443 e. The maximum atomic E-state index is 13.8. The number of alkyl carbamates (subject to hydrolysis) is 1. The fraction of sp³-hybridized carbons (Fsp3) is 0.679. The summed E-state index contributed by atoms with van der Waals surface area (Å²) in [7, 11) is 0. The van der Waals surface area contributed by atoms with Crippen molar-refractivity contribution < 1.29 is 34.4 Å². The molecule has 0 unspecified atom stereocenters. The molecule has 3 aliphatic rings. The van der Waals surface area contributed by atoms with Crippen LogP contribution >= 0.6 is 0 Å². The second kappa shape index (κ2) is 9.15. The zero-order valence-electron chi connectivity index (χ0n) is 22.4. The average molecular weight is 517 g/mol. The lowest BCUT2D eigenvalue weighted by molar-refractivity contribution is -0.369. The normalized spacial score (nSPS) is 42.8. The number of carbonyl (C=O) groups is 2. The molecule has 1 aromatic rings. The Morgan fingerprint density at radius 3 is 2.59 bits per heavy atom. The van der Waals surface area contributed by atoms with Crippen molar-refractivity contribution in [2.75, 3.05) is 6.54 Å². The van der Waals surface area contributed by atoms with Gasteiger partial charge in [-0.1, -0.05) is 32.9 Å². The van der Waals surface area contributed by atoms with E-state index in [0.29, 0.717) is 19.3 Å². The quantitative estimate of drug-likeness (QED) is 0.438. The van der Waals surface area contributed by atoms with Crippen molar-refractivity contribution in [1.29, 1.82) is 0 Å². The molecule has 1 aliphatic heterocycles. The van der Waals surface area contributed by atoms with Crippen molar-refractivity contribution in [3.8, 4) is 0 Å². The number of carbonyl (C=O) groups excluding carboxylic acids is 2. The van der Waals surface area contributed by atoms with Crippen LogP contribution < -0.4 is 5.32 Å². The van der Waals surface area contributed by atoms with Crippen molar-refractivity contribution in [1.82, 2.24) is 10.3 Å². The van der Waals surface area contributed by atoms with Gasteiger partial charge in [0.05, 0.1) is 11.7 Å². The Morgan fingerprint density at radius 1 is 1.27 bits per heavy atom. The number of aromatic nitrogens is 1. The summed E-state index contributed by atoms with van der Waals surface area (Å²) >= 11 is 0. The highest BCUT2D eigenvalue weighted by Gasteiger charge is 2.81. The van der Waals surface area contributed by atoms with E-state index in [1.54, 1.807) is 20.0 Å². The molecule has 1 amide bonds. The minimum absolute atomic E-state index is 0.162. The molecule has 8 atom stereocenters. The van der Waals surface area contributed by atoms with Crippen molar-refractivity contribution in [2.45, 2.75) is 95.4 Å². The lowest BCUT2D eigenvalue weighted by Gasteiger charge is -2.71. The molecule has 0 bridgehead atoms. The monoisotopic (exact) mass is 516 g/mol. The molecule has 4 rings (SSSR count). The predicted octanol–water partition coefficient (Wildman–Crippen LogP) is 2.32. The van der Waals surface area contributed by atoms with E-state index in [-0.39, 0.29) is 13.0 Å². The third-order valence-electron chi connectivity index (χ3n) is 9.36. The Bertz CT molecular complexity index is 1060. The number of Topliss-reactive ketones (excluding diaryl/α,β-unsaturated/α-hetero) is 1. The summed E-state index contributed by atoms with van der Waals surface area (Å²) in [6.45, 7) is 12.7. The van der Waals surface area contributed by atoms with Crippen LogP contribution in [0.15, 0.2) is 37.1 Å². The van der Waals surface area contributed by atoms with E-state index in [0.717, 1.165) is 5.69 Å². The number of aliphatic hydroxyl groups is 3. The average Bonchev–Trinajstić information content (AvgIpc) is 2.83. The van der Waals surface area contributed by atoms with Gasteiger partial charge in [-0.2, -0.15) is 0 Å². The molecule has 4 N–H and O–H groups in total. The third kappa shape index (κ3) is 4.02. The molecule has 9 heteroatoms. The fourth-order valence-corrected chi connectivity index (χ4v) is 7.41. The van der Waals surface area contributed by atoms with Crippen LogP contribution in [0.5, 0.6) is 0 Å². The number of rotatable bonds is 5.